The van der Waals surface area contributed by atoms with Crippen LogP contribution in [0.1, 0.15) is 35.0 Å². The lowest BCUT2D eigenvalue weighted by molar-refractivity contribution is 0.0925. The first-order chi connectivity index (χ1) is 11.2. The number of carbonyl (C=O) groups is 1. The highest BCUT2D eigenvalue weighted by Crippen LogP contribution is 2.18. The average Bonchev–Trinajstić information content (AvgIpc) is 3.07. The van der Waals surface area contributed by atoms with E-state index in [0.717, 1.165) is 25.1 Å². The number of benzene rings is 1. The summed E-state index contributed by atoms with van der Waals surface area (Å²) in [6.07, 6.45) is 1.95. The number of ether oxygens (including phenoxy) is 1. The van der Waals surface area contributed by atoms with Gasteiger partial charge in [-0.15, -0.1) is 23.7 Å². The molecule has 1 saturated heterocycles. The molecule has 2 atom stereocenters. The number of hydrogen-bond acceptors (Lipinski definition) is 4. The standard InChI is InChI=1S/C18H22N2O2S.ClH/c1-13-10-15(7-8-19-13)20-18(21)14-4-2-5-16(11-14)22-12-17-6-3-9-23-17;/h2-6,9,11,13,15,19H,7-8,10,12H2,1H3,(H,20,21);1H. The van der Waals surface area contributed by atoms with Crippen LogP contribution >= 0.6 is 23.7 Å². The van der Waals surface area contributed by atoms with Gasteiger partial charge < -0.3 is 15.4 Å². The van der Waals surface area contributed by atoms with Crippen LogP contribution in [0.25, 0.3) is 0 Å². The van der Waals surface area contributed by atoms with Gasteiger partial charge >= 0.3 is 0 Å². The Morgan fingerprint density at radius 1 is 1.38 bits per heavy atom. The summed E-state index contributed by atoms with van der Waals surface area (Å²) in [6.45, 7) is 3.64. The van der Waals surface area contributed by atoms with Crippen molar-refractivity contribution in [3.05, 3.63) is 52.2 Å². The van der Waals surface area contributed by atoms with E-state index < -0.39 is 0 Å². The van der Waals surface area contributed by atoms with Crippen molar-refractivity contribution >= 4 is 29.7 Å². The van der Waals surface area contributed by atoms with E-state index >= 15 is 0 Å². The molecule has 130 valence electrons. The number of thiophene rings is 1. The van der Waals surface area contributed by atoms with Crippen molar-refractivity contribution in [2.75, 3.05) is 6.54 Å². The van der Waals surface area contributed by atoms with Crippen molar-refractivity contribution in [2.24, 2.45) is 0 Å². The Labute approximate surface area is 153 Å². The van der Waals surface area contributed by atoms with E-state index in [2.05, 4.69) is 17.6 Å². The predicted molar refractivity (Wildman–Crippen MR) is 100 cm³/mol. The lowest BCUT2D eigenvalue weighted by Gasteiger charge is -2.28. The fraction of sp³-hybridized carbons (Fsp3) is 0.389. The number of halogens is 1. The van der Waals surface area contributed by atoms with Crippen molar-refractivity contribution in [3.8, 4) is 5.75 Å². The molecule has 0 bridgehead atoms. The fourth-order valence-corrected chi connectivity index (χ4v) is 3.42. The quantitative estimate of drug-likeness (QED) is 0.849. The van der Waals surface area contributed by atoms with Gasteiger partial charge in [-0.3, -0.25) is 4.79 Å². The molecule has 24 heavy (non-hydrogen) atoms. The summed E-state index contributed by atoms with van der Waals surface area (Å²) in [6, 6.07) is 12.1. The molecular formula is C18H23ClN2O2S. The van der Waals surface area contributed by atoms with Crippen LogP contribution in [0.15, 0.2) is 41.8 Å². The van der Waals surface area contributed by atoms with Crippen molar-refractivity contribution < 1.29 is 9.53 Å². The van der Waals surface area contributed by atoms with Crippen LogP contribution in [0.4, 0.5) is 0 Å². The van der Waals surface area contributed by atoms with Gasteiger partial charge in [0.15, 0.2) is 0 Å². The molecule has 0 aliphatic carbocycles. The van der Waals surface area contributed by atoms with Crippen LogP contribution in [0, 0.1) is 0 Å². The molecule has 6 heteroatoms. The molecule has 3 rings (SSSR count). The van der Waals surface area contributed by atoms with E-state index in [1.807, 2.05) is 41.8 Å². The summed E-state index contributed by atoms with van der Waals surface area (Å²) >= 11 is 1.67. The summed E-state index contributed by atoms with van der Waals surface area (Å²) in [4.78, 5) is 13.6. The Hall–Kier alpha value is -1.56. The SMILES string of the molecule is CC1CC(NC(=O)c2cccc(OCc3cccs3)c2)CCN1.Cl. The monoisotopic (exact) mass is 366 g/mol. The summed E-state index contributed by atoms with van der Waals surface area (Å²) in [5.41, 5.74) is 0.653. The molecule has 1 fully saturated rings. The Morgan fingerprint density at radius 3 is 3.00 bits per heavy atom. The maximum atomic E-state index is 12.4. The molecule has 2 N–H and O–H groups in total. The fourth-order valence-electron chi connectivity index (χ4n) is 2.81. The van der Waals surface area contributed by atoms with Gasteiger partial charge in [-0.2, -0.15) is 0 Å². The first-order valence-electron chi connectivity index (χ1n) is 8.00. The number of amides is 1. The zero-order chi connectivity index (χ0) is 16.1. The summed E-state index contributed by atoms with van der Waals surface area (Å²) in [5.74, 6) is 0.704. The van der Waals surface area contributed by atoms with Gasteiger partial charge in [0.05, 0.1) is 0 Å². The normalized spacial score (nSPS) is 20.0. The molecule has 1 aliphatic heterocycles. The Kier molecular flexibility index (Phi) is 7.09. The summed E-state index contributed by atoms with van der Waals surface area (Å²) < 4.78 is 5.77. The lowest BCUT2D eigenvalue weighted by Crippen LogP contribution is -2.46. The predicted octanol–water partition coefficient (Wildman–Crippen LogP) is 3.62. The Morgan fingerprint density at radius 2 is 2.25 bits per heavy atom. The molecule has 0 spiro atoms. The first kappa shape index (κ1) is 18.8. The lowest BCUT2D eigenvalue weighted by atomic mass is 10.0. The van der Waals surface area contributed by atoms with Crippen LogP contribution < -0.4 is 15.4 Å². The van der Waals surface area contributed by atoms with Gasteiger partial charge in [0.1, 0.15) is 12.4 Å². The molecule has 2 unspecified atom stereocenters. The molecule has 1 amide bonds. The smallest absolute Gasteiger partial charge is 0.251 e. The van der Waals surface area contributed by atoms with Crippen LogP contribution in [0.3, 0.4) is 0 Å². The van der Waals surface area contributed by atoms with Crippen LogP contribution in [0.5, 0.6) is 5.75 Å². The van der Waals surface area contributed by atoms with Gasteiger partial charge in [-0.1, -0.05) is 12.1 Å². The maximum Gasteiger partial charge on any atom is 0.251 e. The third kappa shape index (κ3) is 5.23. The molecule has 0 saturated carbocycles. The van der Waals surface area contributed by atoms with Crippen molar-refractivity contribution in [2.45, 2.75) is 38.5 Å². The van der Waals surface area contributed by atoms with E-state index in [1.54, 1.807) is 11.3 Å². The van der Waals surface area contributed by atoms with E-state index in [-0.39, 0.29) is 24.4 Å². The zero-order valence-corrected chi connectivity index (χ0v) is 15.3. The van der Waals surface area contributed by atoms with Crippen molar-refractivity contribution in [3.63, 3.8) is 0 Å². The van der Waals surface area contributed by atoms with Crippen LogP contribution in [-0.2, 0) is 6.61 Å². The molecule has 2 heterocycles. The topological polar surface area (TPSA) is 50.4 Å². The summed E-state index contributed by atoms with van der Waals surface area (Å²) in [5, 5.41) is 8.55. The third-order valence-corrected chi connectivity index (χ3v) is 4.87. The second kappa shape index (κ2) is 9.06. The second-order valence-electron chi connectivity index (χ2n) is 5.95. The van der Waals surface area contributed by atoms with Gasteiger partial charge in [-0.05, 0) is 56.0 Å². The minimum atomic E-state index is -0.0225. The van der Waals surface area contributed by atoms with E-state index in [1.165, 1.54) is 4.88 Å². The molecule has 1 aromatic heterocycles. The molecule has 4 nitrogen and oxygen atoms in total. The van der Waals surface area contributed by atoms with Gasteiger partial charge in [0.25, 0.3) is 5.91 Å². The van der Waals surface area contributed by atoms with E-state index in [9.17, 15) is 4.79 Å². The molecule has 1 aromatic carbocycles. The minimum absolute atomic E-state index is 0. The number of hydrogen-bond donors (Lipinski definition) is 2. The first-order valence-corrected chi connectivity index (χ1v) is 8.88. The van der Waals surface area contributed by atoms with Gasteiger partial charge in [-0.25, -0.2) is 0 Å². The van der Waals surface area contributed by atoms with Crippen molar-refractivity contribution in [1.29, 1.82) is 0 Å². The van der Waals surface area contributed by atoms with Crippen molar-refractivity contribution in [1.82, 2.24) is 10.6 Å². The average molecular weight is 367 g/mol. The maximum absolute atomic E-state index is 12.4. The number of rotatable bonds is 5. The van der Waals surface area contributed by atoms with Crippen LogP contribution in [-0.4, -0.2) is 24.5 Å². The van der Waals surface area contributed by atoms with Crippen LogP contribution in [0.2, 0.25) is 0 Å². The third-order valence-electron chi connectivity index (χ3n) is 4.02. The number of piperidine rings is 1. The zero-order valence-electron chi connectivity index (χ0n) is 13.7. The Bertz CT molecular complexity index is 648. The summed E-state index contributed by atoms with van der Waals surface area (Å²) in [7, 11) is 0. The number of carbonyl (C=O) groups excluding carboxylic acids is 1. The van der Waals surface area contributed by atoms with E-state index in [4.69, 9.17) is 4.74 Å². The highest BCUT2D eigenvalue weighted by atomic mass is 35.5. The minimum Gasteiger partial charge on any atom is -0.488 e. The molecule has 2 aromatic rings. The molecular weight excluding hydrogens is 344 g/mol. The van der Waals surface area contributed by atoms with Gasteiger partial charge in [0.2, 0.25) is 0 Å². The van der Waals surface area contributed by atoms with E-state index in [0.29, 0.717) is 18.2 Å². The largest absolute Gasteiger partial charge is 0.488 e. The highest BCUT2D eigenvalue weighted by Gasteiger charge is 2.20. The highest BCUT2D eigenvalue weighted by molar-refractivity contribution is 7.09. The molecule has 1 aliphatic rings. The van der Waals surface area contributed by atoms with Gasteiger partial charge in [0, 0.05) is 22.5 Å². The Balaban J connectivity index is 0.00000208. The second-order valence-corrected chi connectivity index (χ2v) is 6.98. The molecule has 0 radical (unpaired) electrons. The number of nitrogens with one attached hydrogen (secondary N) is 2.